The molecular formula is C13H15ClFN. The summed E-state index contributed by atoms with van der Waals surface area (Å²) < 4.78 is 12.9. The van der Waals surface area contributed by atoms with Crippen LogP contribution in [0.15, 0.2) is 18.2 Å². The summed E-state index contributed by atoms with van der Waals surface area (Å²) in [5, 5.41) is 3.80. The molecule has 0 saturated heterocycles. The van der Waals surface area contributed by atoms with E-state index < -0.39 is 0 Å². The minimum Gasteiger partial charge on any atom is -0.313 e. The lowest BCUT2D eigenvalue weighted by molar-refractivity contribution is 0.610. The zero-order chi connectivity index (χ0) is 11.8. The zero-order valence-electron chi connectivity index (χ0n) is 9.10. The third-order valence-electron chi connectivity index (χ3n) is 2.25. The van der Waals surface area contributed by atoms with Crippen LogP contribution in [0, 0.1) is 18.2 Å². The number of benzene rings is 1. The minimum atomic E-state index is -0.256. The zero-order valence-corrected chi connectivity index (χ0v) is 9.86. The van der Waals surface area contributed by atoms with Crippen LogP contribution in [0.25, 0.3) is 0 Å². The van der Waals surface area contributed by atoms with Gasteiger partial charge < -0.3 is 5.32 Å². The van der Waals surface area contributed by atoms with Crippen LogP contribution in [-0.2, 0) is 6.54 Å². The molecule has 0 spiro atoms. The van der Waals surface area contributed by atoms with E-state index in [1.54, 1.807) is 6.07 Å². The van der Waals surface area contributed by atoms with Crippen molar-refractivity contribution < 1.29 is 4.39 Å². The molecule has 0 aliphatic carbocycles. The molecule has 1 aromatic rings. The highest BCUT2D eigenvalue weighted by Gasteiger charge is 2.01. The second-order valence-corrected chi connectivity index (χ2v) is 3.98. The first-order chi connectivity index (χ1) is 7.74. The van der Waals surface area contributed by atoms with E-state index in [-0.39, 0.29) is 5.82 Å². The molecule has 0 aromatic heterocycles. The van der Waals surface area contributed by atoms with Gasteiger partial charge in [0.2, 0.25) is 0 Å². The van der Waals surface area contributed by atoms with Gasteiger partial charge in [-0.25, -0.2) is 4.39 Å². The number of terminal acetylenes is 1. The Kier molecular flexibility index (Phi) is 5.92. The van der Waals surface area contributed by atoms with E-state index in [1.807, 2.05) is 0 Å². The highest BCUT2D eigenvalue weighted by molar-refractivity contribution is 6.31. The minimum absolute atomic E-state index is 0.256. The van der Waals surface area contributed by atoms with E-state index in [4.69, 9.17) is 18.0 Å². The monoisotopic (exact) mass is 239 g/mol. The van der Waals surface area contributed by atoms with Crippen molar-refractivity contribution >= 4 is 11.6 Å². The molecule has 16 heavy (non-hydrogen) atoms. The van der Waals surface area contributed by atoms with Crippen molar-refractivity contribution in [2.75, 3.05) is 6.54 Å². The van der Waals surface area contributed by atoms with Gasteiger partial charge in [0.25, 0.3) is 0 Å². The van der Waals surface area contributed by atoms with E-state index in [1.165, 1.54) is 12.1 Å². The topological polar surface area (TPSA) is 12.0 Å². The summed E-state index contributed by atoms with van der Waals surface area (Å²) in [6, 6.07) is 4.39. The number of nitrogens with one attached hydrogen (secondary N) is 1. The van der Waals surface area contributed by atoms with Crippen LogP contribution in [-0.4, -0.2) is 6.54 Å². The van der Waals surface area contributed by atoms with Crippen LogP contribution < -0.4 is 5.32 Å². The molecular weight excluding hydrogens is 225 g/mol. The van der Waals surface area contributed by atoms with Crippen molar-refractivity contribution in [3.05, 3.63) is 34.6 Å². The van der Waals surface area contributed by atoms with Crippen LogP contribution in [0.1, 0.15) is 24.8 Å². The Hall–Kier alpha value is -1.04. The van der Waals surface area contributed by atoms with Crippen molar-refractivity contribution in [3.8, 4) is 12.3 Å². The number of hydrogen-bond donors (Lipinski definition) is 1. The third-order valence-corrected chi connectivity index (χ3v) is 2.62. The summed E-state index contributed by atoms with van der Waals surface area (Å²) in [6.07, 6.45) is 7.99. The van der Waals surface area contributed by atoms with Gasteiger partial charge in [0.15, 0.2) is 0 Å². The van der Waals surface area contributed by atoms with Crippen molar-refractivity contribution in [2.24, 2.45) is 0 Å². The van der Waals surface area contributed by atoms with Crippen LogP contribution in [0.5, 0.6) is 0 Å². The number of hydrogen-bond acceptors (Lipinski definition) is 1. The fourth-order valence-corrected chi connectivity index (χ4v) is 1.56. The molecule has 0 amide bonds. The maximum atomic E-state index is 12.9. The number of unbranched alkanes of at least 4 members (excludes halogenated alkanes) is 2. The first kappa shape index (κ1) is 13.0. The fraction of sp³-hybridized carbons (Fsp3) is 0.385. The lowest BCUT2D eigenvalue weighted by Crippen LogP contribution is -2.15. The first-order valence-corrected chi connectivity index (χ1v) is 5.70. The summed E-state index contributed by atoms with van der Waals surface area (Å²) in [4.78, 5) is 0. The van der Waals surface area contributed by atoms with Gasteiger partial charge in [-0.05, 0) is 43.1 Å². The van der Waals surface area contributed by atoms with Crippen LogP contribution in [0.2, 0.25) is 5.02 Å². The second kappa shape index (κ2) is 7.27. The van der Waals surface area contributed by atoms with Crippen molar-refractivity contribution in [3.63, 3.8) is 0 Å². The van der Waals surface area contributed by atoms with Gasteiger partial charge in [0.05, 0.1) is 0 Å². The van der Waals surface area contributed by atoms with E-state index in [9.17, 15) is 4.39 Å². The van der Waals surface area contributed by atoms with Gasteiger partial charge in [0.1, 0.15) is 5.82 Å². The van der Waals surface area contributed by atoms with Gasteiger partial charge in [0, 0.05) is 18.0 Å². The molecule has 0 saturated carbocycles. The molecule has 1 nitrogen and oxygen atoms in total. The Bertz CT molecular complexity index is 371. The molecule has 3 heteroatoms. The predicted octanol–water partition coefficient (Wildman–Crippen LogP) is 3.37. The van der Waals surface area contributed by atoms with Gasteiger partial charge in [-0.15, -0.1) is 12.3 Å². The molecule has 0 fully saturated rings. The normalized spacial score (nSPS) is 10.1. The van der Waals surface area contributed by atoms with Gasteiger partial charge >= 0.3 is 0 Å². The molecule has 86 valence electrons. The van der Waals surface area contributed by atoms with Crippen LogP contribution in [0.3, 0.4) is 0 Å². The number of rotatable bonds is 6. The fourth-order valence-electron chi connectivity index (χ4n) is 1.38. The largest absolute Gasteiger partial charge is 0.313 e. The Morgan fingerprint density at radius 3 is 2.94 bits per heavy atom. The predicted molar refractivity (Wildman–Crippen MR) is 65.8 cm³/mol. The Morgan fingerprint density at radius 1 is 1.38 bits per heavy atom. The maximum absolute atomic E-state index is 12.9. The van der Waals surface area contributed by atoms with E-state index >= 15 is 0 Å². The highest BCUT2D eigenvalue weighted by atomic mass is 35.5. The molecule has 1 N–H and O–H groups in total. The molecule has 0 aliphatic rings. The summed E-state index contributed by atoms with van der Waals surface area (Å²) >= 11 is 5.93. The maximum Gasteiger partial charge on any atom is 0.123 e. The Labute approximate surface area is 101 Å². The SMILES string of the molecule is C#CCCCCNCc1cc(F)ccc1Cl. The van der Waals surface area contributed by atoms with Gasteiger partial charge in [-0.2, -0.15) is 0 Å². The average molecular weight is 240 g/mol. The quantitative estimate of drug-likeness (QED) is 0.593. The lowest BCUT2D eigenvalue weighted by Gasteiger charge is -2.06. The molecule has 0 heterocycles. The molecule has 0 unspecified atom stereocenters. The Balaban J connectivity index is 2.27. The summed E-state index contributed by atoms with van der Waals surface area (Å²) in [5.74, 6) is 2.34. The second-order valence-electron chi connectivity index (χ2n) is 3.57. The summed E-state index contributed by atoms with van der Waals surface area (Å²) in [7, 11) is 0. The molecule has 0 aliphatic heterocycles. The number of halogens is 2. The molecule has 1 rings (SSSR count). The van der Waals surface area contributed by atoms with Crippen molar-refractivity contribution in [1.29, 1.82) is 0 Å². The smallest absolute Gasteiger partial charge is 0.123 e. The molecule has 1 aromatic carbocycles. The summed E-state index contributed by atoms with van der Waals surface area (Å²) in [6.45, 7) is 1.46. The molecule has 0 bridgehead atoms. The van der Waals surface area contributed by atoms with Gasteiger partial charge in [-0.3, -0.25) is 0 Å². The Morgan fingerprint density at radius 2 is 2.19 bits per heavy atom. The molecule has 0 atom stereocenters. The van der Waals surface area contributed by atoms with E-state index in [0.717, 1.165) is 31.4 Å². The van der Waals surface area contributed by atoms with E-state index in [0.29, 0.717) is 11.6 Å². The molecule has 0 radical (unpaired) electrons. The van der Waals surface area contributed by atoms with Crippen molar-refractivity contribution in [1.82, 2.24) is 5.32 Å². The average Bonchev–Trinajstić information content (AvgIpc) is 2.28. The van der Waals surface area contributed by atoms with Crippen LogP contribution >= 0.6 is 11.6 Å². The van der Waals surface area contributed by atoms with Crippen LogP contribution in [0.4, 0.5) is 4.39 Å². The highest BCUT2D eigenvalue weighted by Crippen LogP contribution is 2.16. The standard InChI is InChI=1S/C13H15ClFN/c1-2-3-4-5-8-16-10-11-9-12(15)6-7-13(11)14/h1,6-7,9,16H,3-5,8,10H2. The van der Waals surface area contributed by atoms with E-state index in [2.05, 4.69) is 11.2 Å². The lowest BCUT2D eigenvalue weighted by atomic mass is 10.2. The van der Waals surface area contributed by atoms with Gasteiger partial charge in [-0.1, -0.05) is 11.6 Å². The first-order valence-electron chi connectivity index (χ1n) is 5.32. The van der Waals surface area contributed by atoms with Crippen molar-refractivity contribution in [2.45, 2.75) is 25.8 Å². The third kappa shape index (κ3) is 4.65. The summed E-state index contributed by atoms with van der Waals surface area (Å²) in [5.41, 5.74) is 0.790.